The van der Waals surface area contributed by atoms with Gasteiger partial charge in [0.2, 0.25) is 0 Å². The number of likely N-dealkylation sites (tertiary alicyclic amines) is 1. The van der Waals surface area contributed by atoms with E-state index in [9.17, 15) is 14.9 Å². The minimum Gasteiger partial charge on any atom is -0.383 e. The molecule has 0 saturated carbocycles. The van der Waals surface area contributed by atoms with Crippen molar-refractivity contribution in [1.82, 2.24) is 10.2 Å². The number of nitro benzene ring substituents is 1. The van der Waals surface area contributed by atoms with Gasteiger partial charge >= 0.3 is 0 Å². The van der Waals surface area contributed by atoms with Crippen molar-refractivity contribution < 1.29 is 9.72 Å². The van der Waals surface area contributed by atoms with E-state index in [2.05, 4.69) is 15.5 Å². The first-order chi connectivity index (χ1) is 11.1. The summed E-state index contributed by atoms with van der Waals surface area (Å²) in [6, 6.07) is 4.46. The van der Waals surface area contributed by atoms with Crippen LogP contribution in [0.4, 0.5) is 11.4 Å². The topological polar surface area (TPSA) is 87.5 Å². The monoisotopic (exact) mass is 320 g/mol. The van der Waals surface area contributed by atoms with Crippen LogP contribution in [0.3, 0.4) is 0 Å². The molecule has 0 spiro atoms. The molecule has 1 saturated heterocycles. The number of piperidine rings is 1. The van der Waals surface area contributed by atoms with E-state index in [0.717, 1.165) is 26.1 Å². The van der Waals surface area contributed by atoms with Crippen LogP contribution >= 0.6 is 0 Å². The molecule has 1 amide bonds. The van der Waals surface area contributed by atoms with E-state index >= 15 is 0 Å². The third-order valence-corrected chi connectivity index (χ3v) is 4.11. The first kappa shape index (κ1) is 17.2. The van der Waals surface area contributed by atoms with Crippen LogP contribution in [-0.2, 0) is 0 Å². The summed E-state index contributed by atoms with van der Waals surface area (Å²) in [6.45, 7) is 3.85. The summed E-state index contributed by atoms with van der Waals surface area (Å²) in [5, 5.41) is 16.6. The van der Waals surface area contributed by atoms with Gasteiger partial charge in [0.15, 0.2) is 0 Å². The molecule has 0 unspecified atom stereocenters. The molecule has 7 heteroatoms. The van der Waals surface area contributed by atoms with Crippen LogP contribution < -0.4 is 10.6 Å². The Hall–Kier alpha value is -2.15. The van der Waals surface area contributed by atoms with Crippen LogP contribution in [0.25, 0.3) is 0 Å². The predicted molar refractivity (Wildman–Crippen MR) is 89.9 cm³/mol. The molecular weight excluding hydrogens is 296 g/mol. The summed E-state index contributed by atoms with van der Waals surface area (Å²) < 4.78 is 0. The van der Waals surface area contributed by atoms with Crippen LogP contribution in [-0.4, -0.2) is 49.0 Å². The zero-order chi connectivity index (χ0) is 16.7. The Balaban J connectivity index is 1.83. The van der Waals surface area contributed by atoms with Crippen LogP contribution in [0.1, 0.15) is 36.0 Å². The number of carbonyl (C=O) groups excluding carboxylic acids is 1. The molecule has 1 aliphatic heterocycles. The molecule has 0 atom stereocenters. The lowest BCUT2D eigenvalue weighted by molar-refractivity contribution is -0.384. The van der Waals surface area contributed by atoms with E-state index in [1.807, 2.05) is 0 Å². The molecule has 0 aliphatic carbocycles. The van der Waals surface area contributed by atoms with E-state index < -0.39 is 4.92 Å². The second-order valence-corrected chi connectivity index (χ2v) is 5.75. The Kier molecular flexibility index (Phi) is 6.34. The second-order valence-electron chi connectivity index (χ2n) is 5.75. The Bertz CT molecular complexity index is 556. The largest absolute Gasteiger partial charge is 0.383 e. The van der Waals surface area contributed by atoms with E-state index in [1.165, 1.54) is 25.3 Å². The zero-order valence-electron chi connectivity index (χ0n) is 13.5. The Morgan fingerprint density at radius 2 is 2.04 bits per heavy atom. The number of benzene rings is 1. The Labute approximate surface area is 136 Å². The average Bonchev–Trinajstić information content (AvgIpc) is 2.58. The van der Waals surface area contributed by atoms with Gasteiger partial charge in [-0.05, 0) is 51.0 Å². The van der Waals surface area contributed by atoms with Crippen molar-refractivity contribution in [2.45, 2.75) is 25.7 Å². The molecule has 0 radical (unpaired) electrons. The highest BCUT2D eigenvalue weighted by molar-refractivity contribution is 5.95. The molecule has 1 heterocycles. The number of nitrogens with one attached hydrogen (secondary N) is 2. The Morgan fingerprint density at radius 1 is 1.30 bits per heavy atom. The smallest absolute Gasteiger partial charge is 0.293 e. The fraction of sp³-hybridized carbons (Fsp3) is 0.562. The first-order valence-electron chi connectivity index (χ1n) is 8.08. The van der Waals surface area contributed by atoms with Crippen molar-refractivity contribution >= 4 is 17.3 Å². The first-order valence-corrected chi connectivity index (χ1v) is 8.08. The van der Waals surface area contributed by atoms with E-state index in [0.29, 0.717) is 17.8 Å². The normalized spacial score (nSPS) is 15.2. The summed E-state index contributed by atoms with van der Waals surface area (Å²) in [5.74, 6) is -0.269. The fourth-order valence-corrected chi connectivity index (χ4v) is 2.82. The van der Waals surface area contributed by atoms with E-state index in [4.69, 9.17) is 0 Å². The van der Waals surface area contributed by atoms with Gasteiger partial charge in [-0.2, -0.15) is 0 Å². The van der Waals surface area contributed by atoms with E-state index in [-0.39, 0.29) is 11.6 Å². The molecule has 0 bridgehead atoms. The molecule has 7 nitrogen and oxygen atoms in total. The third-order valence-electron chi connectivity index (χ3n) is 4.11. The van der Waals surface area contributed by atoms with Gasteiger partial charge in [0.05, 0.1) is 4.92 Å². The highest BCUT2D eigenvalue weighted by atomic mass is 16.6. The molecule has 1 aromatic carbocycles. The maximum Gasteiger partial charge on any atom is 0.293 e. The van der Waals surface area contributed by atoms with Crippen LogP contribution in [0.2, 0.25) is 0 Å². The number of anilines is 1. The lowest BCUT2D eigenvalue weighted by Crippen LogP contribution is -2.33. The lowest BCUT2D eigenvalue weighted by Gasteiger charge is -2.26. The lowest BCUT2D eigenvalue weighted by atomic mass is 10.1. The highest BCUT2D eigenvalue weighted by Crippen LogP contribution is 2.24. The van der Waals surface area contributed by atoms with Crippen molar-refractivity contribution in [3.63, 3.8) is 0 Å². The predicted octanol–water partition coefficient (Wildman–Crippen LogP) is 2.24. The molecule has 2 rings (SSSR count). The standard InChI is InChI=1S/C16H24N4O3/c1-17-14-7-6-13(12-15(14)20(22)23)16(21)18-8-5-11-19-9-3-2-4-10-19/h6-7,12,17H,2-5,8-11H2,1H3,(H,18,21). The molecule has 2 N–H and O–H groups in total. The summed E-state index contributed by atoms with van der Waals surface area (Å²) in [6.07, 6.45) is 4.72. The van der Waals surface area contributed by atoms with Gasteiger partial charge in [-0.25, -0.2) is 0 Å². The number of hydrogen-bond acceptors (Lipinski definition) is 5. The minimum atomic E-state index is -0.487. The summed E-state index contributed by atoms with van der Waals surface area (Å²) in [5.41, 5.74) is 0.624. The van der Waals surface area contributed by atoms with Gasteiger partial charge in [0, 0.05) is 25.2 Å². The molecule has 23 heavy (non-hydrogen) atoms. The maximum atomic E-state index is 12.1. The summed E-state index contributed by atoms with van der Waals surface area (Å²) in [4.78, 5) is 25.1. The van der Waals surface area contributed by atoms with E-state index in [1.54, 1.807) is 19.2 Å². The molecule has 126 valence electrons. The number of carbonyl (C=O) groups is 1. The molecular formula is C16H24N4O3. The third kappa shape index (κ3) is 4.92. The molecule has 1 aromatic rings. The van der Waals surface area contributed by atoms with Gasteiger partial charge in [0.25, 0.3) is 11.6 Å². The molecule has 0 aromatic heterocycles. The Morgan fingerprint density at radius 3 is 2.70 bits per heavy atom. The van der Waals surface area contributed by atoms with Crippen LogP contribution in [0, 0.1) is 10.1 Å². The minimum absolute atomic E-state index is 0.0894. The second kappa shape index (κ2) is 8.47. The zero-order valence-corrected chi connectivity index (χ0v) is 13.5. The number of rotatable bonds is 7. The molecule has 1 fully saturated rings. The average molecular weight is 320 g/mol. The van der Waals surface area contributed by atoms with Gasteiger partial charge in [-0.15, -0.1) is 0 Å². The quantitative estimate of drug-likeness (QED) is 0.457. The van der Waals surface area contributed by atoms with Crippen molar-refractivity contribution in [2.24, 2.45) is 0 Å². The highest BCUT2D eigenvalue weighted by Gasteiger charge is 2.16. The van der Waals surface area contributed by atoms with Crippen LogP contribution in [0.15, 0.2) is 18.2 Å². The van der Waals surface area contributed by atoms with Gasteiger partial charge in [0.1, 0.15) is 5.69 Å². The number of nitro groups is 1. The van der Waals surface area contributed by atoms with Gasteiger partial charge in [-0.3, -0.25) is 14.9 Å². The van der Waals surface area contributed by atoms with Crippen molar-refractivity contribution in [1.29, 1.82) is 0 Å². The SMILES string of the molecule is CNc1ccc(C(=O)NCCCN2CCCCC2)cc1[N+](=O)[O-]. The summed E-state index contributed by atoms with van der Waals surface area (Å²) in [7, 11) is 1.61. The van der Waals surface area contributed by atoms with Crippen molar-refractivity contribution in [3.8, 4) is 0 Å². The maximum absolute atomic E-state index is 12.1. The van der Waals surface area contributed by atoms with Gasteiger partial charge < -0.3 is 15.5 Å². The van der Waals surface area contributed by atoms with Crippen molar-refractivity contribution in [2.75, 3.05) is 38.5 Å². The number of amides is 1. The number of hydrogen-bond donors (Lipinski definition) is 2. The number of nitrogens with zero attached hydrogens (tertiary/aromatic N) is 2. The van der Waals surface area contributed by atoms with Crippen molar-refractivity contribution in [3.05, 3.63) is 33.9 Å². The molecule has 1 aliphatic rings. The van der Waals surface area contributed by atoms with Gasteiger partial charge in [-0.1, -0.05) is 6.42 Å². The van der Waals surface area contributed by atoms with Crippen LogP contribution in [0.5, 0.6) is 0 Å². The summed E-state index contributed by atoms with van der Waals surface area (Å²) >= 11 is 0. The fourth-order valence-electron chi connectivity index (χ4n) is 2.82.